The number of aromatic nitrogens is 2. The fourth-order valence-electron chi connectivity index (χ4n) is 3.37. The molecule has 7 heteroatoms. The molecule has 1 N–H and O–H groups in total. The zero-order chi connectivity index (χ0) is 19.0. The van der Waals surface area contributed by atoms with Crippen LogP contribution in [0.2, 0.25) is 5.02 Å². The number of hydrogen-bond donors (Lipinski definition) is 1. The van der Waals surface area contributed by atoms with Gasteiger partial charge in [-0.2, -0.15) is 0 Å². The Hall–Kier alpha value is -2.99. The predicted molar refractivity (Wildman–Crippen MR) is 103 cm³/mol. The Balaban J connectivity index is 1.83. The standard InChI is InChI=1S/C20H18ClN3O3/c1-26-14-7-8-17(27-2)15(9-14)16-10-18(25)23-20-19(16)22-11-24(20)13-5-3-12(21)4-6-13/h3-9,11,16H,10H2,1-2H3,(H,23,25)/t16-/m1/s1. The van der Waals surface area contributed by atoms with E-state index in [1.54, 1.807) is 32.7 Å². The van der Waals surface area contributed by atoms with E-state index in [9.17, 15) is 4.79 Å². The fourth-order valence-corrected chi connectivity index (χ4v) is 3.50. The van der Waals surface area contributed by atoms with Crippen LogP contribution in [-0.2, 0) is 4.79 Å². The highest BCUT2D eigenvalue weighted by molar-refractivity contribution is 6.30. The average molecular weight is 384 g/mol. The summed E-state index contributed by atoms with van der Waals surface area (Å²) in [6, 6.07) is 12.9. The summed E-state index contributed by atoms with van der Waals surface area (Å²) in [6.07, 6.45) is 1.99. The Labute approximate surface area is 161 Å². The lowest BCUT2D eigenvalue weighted by Crippen LogP contribution is -2.25. The minimum atomic E-state index is -0.229. The van der Waals surface area contributed by atoms with E-state index in [0.717, 1.165) is 16.9 Å². The van der Waals surface area contributed by atoms with Crippen molar-refractivity contribution in [3.05, 3.63) is 65.1 Å². The lowest BCUT2D eigenvalue weighted by atomic mass is 9.89. The second-order valence-electron chi connectivity index (χ2n) is 6.24. The van der Waals surface area contributed by atoms with E-state index in [1.165, 1.54) is 0 Å². The average Bonchev–Trinajstić information content (AvgIpc) is 3.11. The van der Waals surface area contributed by atoms with Crippen molar-refractivity contribution in [2.24, 2.45) is 0 Å². The molecule has 0 aliphatic carbocycles. The van der Waals surface area contributed by atoms with Crippen LogP contribution in [0.5, 0.6) is 11.5 Å². The Morgan fingerprint density at radius 2 is 1.93 bits per heavy atom. The number of hydrogen-bond acceptors (Lipinski definition) is 4. The van der Waals surface area contributed by atoms with Crippen molar-refractivity contribution in [3.63, 3.8) is 0 Å². The smallest absolute Gasteiger partial charge is 0.226 e. The second kappa shape index (κ2) is 6.96. The Morgan fingerprint density at radius 3 is 2.63 bits per heavy atom. The van der Waals surface area contributed by atoms with Crippen molar-refractivity contribution in [1.82, 2.24) is 9.55 Å². The molecule has 4 rings (SSSR count). The summed E-state index contributed by atoms with van der Waals surface area (Å²) in [4.78, 5) is 17.1. The summed E-state index contributed by atoms with van der Waals surface area (Å²) >= 11 is 5.98. The summed E-state index contributed by atoms with van der Waals surface area (Å²) in [5, 5.41) is 3.59. The van der Waals surface area contributed by atoms with Gasteiger partial charge in [0.2, 0.25) is 5.91 Å². The van der Waals surface area contributed by atoms with Gasteiger partial charge in [0.25, 0.3) is 0 Å². The SMILES string of the molecule is COc1ccc(OC)c([C@H]2CC(=O)Nc3c2ncn3-c2ccc(Cl)cc2)c1. The second-order valence-corrected chi connectivity index (χ2v) is 6.67. The van der Waals surface area contributed by atoms with Crippen LogP contribution < -0.4 is 14.8 Å². The van der Waals surface area contributed by atoms with E-state index < -0.39 is 0 Å². The summed E-state index contributed by atoms with van der Waals surface area (Å²) in [6.45, 7) is 0. The maximum absolute atomic E-state index is 12.5. The van der Waals surface area contributed by atoms with Gasteiger partial charge in [0.15, 0.2) is 0 Å². The highest BCUT2D eigenvalue weighted by atomic mass is 35.5. The molecule has 0 radical (unpaired) electrons. The topological polar surface area (TPSA) is 65.4 Å². The first-order valence-corrected chi connectivity index (χ1v) is 8.83. The predicted octanol–water partition coefficient (Wildman–Crippen LogP) is 4.02. The molecule has 1 aliphatic rings. The third kappa shape index (κ3) is 3.13. The number of methoxy groups -OCH3 is 2. The molecule has 1 aliphatic heterocycles. The van der Waals surface area contributed by atoms with Gasteiger partial charge in [0.05, 0.1) is 19.9 Å². The Bertz CT molecular complexity index is 998. The molecule has 3 aromatic rings. The van der Waals surface area contributed by atoms with E-state index in [4.69, 9.17) is 21.1 Å². The number of rotatable bonds is 4. The number of anilines is 1. The molecule has 2 heterocycles. The molecule has 6 nitrogen and oxygen atoms in total. The van der Waals surface area contributed by atoms with Gasteiger partial charge < -0.3 is 14.8 Å². The minimum Gasteiger partial charge on any atom is -0.497 e. The van der Waals surface area contributed by atoms with E-state index in [1.807, 2.05) is 34.9 Å². The molecule has 0 unspecified atom stereocenters. The number of ether oxygens (including phenoxy) is 2. The van der Waals surface area contributed by atoms with Crippen molar-refractivity contribution in [2.75, 3.05) is 19.5 Å². The van der Waals surface area contributed by atoms with Crippen LogP contribution in [0.4, 0.5) is 5.82 Å². The minimum absolute atomic E-state index is 0.0758. The maximum Gasteiger partial charge on any atom is 0.226 e. The zero-order valence-electron chi connectivity index (χ0n) is 14.9. The quantitative estimate of drug-likeness (QED) is 0.739. The van der Waals surface area contributed by atoms with Crippen LogP contribution in [0.25, 0.3) is 5.69 Å². The number of halogens is 1. The molecular formula is C20H18ClN3O3. The maximum atomic E-state index is 12.5. The molecule has 27 heavy (non-hydrogen) atoms. The largest absolute Gasteiger partial charge is 0.497 e. The van der Waals surface area contributed by atoms with Crippen molar-refractivity contribution < 1.29 is 14.3 Å². The van der Waals surface area contributed by atoms with Crippen LogP contribution in [0.3, 0.4) is 0 Å². The summed E-state index contributed by atoms with van der Waals surface area (Å²) in [7, 11) is 3.22. The molecule has 1 amide bonds. The highest BCUT2D eigenvalue weighted by Crippen LogP contribution is 2.42. The first-order chi connectivity index (χ1) is 13.1. The van der Waals surface area contributed by atoms with Crippen molar-refractivity contribution in [1.29, 1.82) is 0 Å². The lowest BCUT2D eigenvalue weighted by molar-refractivity contribution is -0.116. The first kappa shape index (κ1) is 17.4. The molecule has 138 valence electrons. The van der Waals surface area contributed by atoms with Gasteiger partial charge >= 0.3 is 0 Å². The molecule has 1 aromatic heterocycles. The fraction of sp³-hybridized carbons (Fsp3) is 0.200. The van der Waals surface area contributed by atoms with Gasteiger partial charge in [-0.3, -0.25) is 9.36 Å². The normalized spacial score (nSPS) is 15.8. The monoisotopic (exact) mass is 383 g/mol. The molecule has 0 saturated heterocycles. The van der Waals surface area contributed by atoms with Gasteiger partial charge in [0.1, 0.15) is 23.6 Å². The van der Waals surface area contributed by atoms with E-state index in [-0.39, 0.29) is 18.2 Å². The number of nitrogens with one attached hydrogen (secondary N) is 1. The molecular weight excluding hydrogens is 366 g/mol. The van der Waals surface area contributed by atoms with E-state index >= 15 is 0 Å². The molecule has 2 aromatic carbocycles. The molecule has 0 fully saturated rings. The number of nitrogens with zero attached hydrogens (tertiary/aromatic N) is 2. The highest BCUT2D eigenvalue weighted by Gasteiger charge is 2.33. The van der Waals surface area contributed by atoms with Crippen LogP contribution in [0, 0.1) is 0 Å². The lowest BCUT2D eigenvalue weighted by Gasteiger charge is -2.25. The van der Waals surface area contributed by atoms with Gasteiger partial charge in [-0.05, 0) is 42.5 Å². The summed E-state index contributed by atoms with van der Waals surface area (Å²) in [5.74, 6) is 1.75. The van der Waals surface area contributed by atoms with Gasteiger partial charge in [-0.15, -0.1) is 0 Å². The number of amides is 1. The summed E-state index contributed by atoms with van der Waals surface area (Å²) < 4.78 is 12.7. The van der Waals surface area contributed by atoms with Gasteiger partial charge in [-0.25, -0.2) is 4.98 Å². The van der Waals surface area contributed by atoms with Crippen LogP contribution in [-0.4, -0.2) is 29.7 Å². The van der Waals surface area contributed by atoms with Crippen LogP contribution in [0.15, 0.2) is 48.8 Å². The van der Waals surface area contributed by atoms with Crippen molar-refractivity contribution >= 4 is 23.3 Å². The number of imidazole rings is 1. The molecule has 0 bridgehead atoms. The van der Waals surface area contributed by atoms with Gasteiger partial charge in [0, 0.05) is 28.6 Å². The van der Waals surface area contributed by atoms with Gasteiger partial charge in [-0.1, -0.05) is 11.6 Å². The molecule has 1 atom stereocenters. The van der Waals surface area contributed by atoms with Crippen molar-refractivity contribution in [3.8, 4) is 17.2 Å². The number of carbonyl (C=O) groups is 1. The molecule has 0 saturated carbocycles. The van der Waals surface area contributed by atoms with E-state index in [0.29, 0.717) is 22.3 Å². The Kier molecular flexibility index (Phi) is 4.49. The van der Waals surface area contributed by atoms with Crippen LogP contribution >= 0.6 is 11.6 Å². The van der Waals surface area contributed by atoms with Crippen LogP contribution in [0.1, 0.15) is 23.6 Å². The van der Waals surface area contributed by atoms with Crippen molar-refractivity contribution in [2.45, 2.75) is 12.3 Å². The zero-order valence-corrected chi connectivity index (χ0v) is 15.7. The third-order valence-electron chi connectivity index (χ3n) is 4.69. The first-order valence-electron chi connectivity index (χ1n) is 8.45. The molecule has 0 spiro atoms. The Morgan fingerprint density at radius 1 is 1.15 bits per heavy atom. The van der Waals surface area contributed by atoms with E-state index in [2.05, 4.69) is 10.3 Å². The third-order valence-corrected chi connectivity index (χ3v) is 4.94. The number of carbonyl (C=O) groups excluding carboxylic acids is 1. The number of fused-ring (bicyclic) bond motifs is 1. The number of benzene rings is 2. The summed E-state index contributed by atoms with van der Waals surface area (Å²) in [5.41, 5.74) is 2.53.